The van der Waals surface area contributed by atoms with E-state index in [1.165, 1.54) is 12.1 Å². The third-order valence-electron chi connectivity index (χ3n) is 6.77. The lowest BCUT2D eigenvalue weighted by Crippen LogP contribution is -2.26. The van der Waals surface area contributed by atoms with Crippen LogP contribution >= 0.6 is 0 Å². The summed E-state index contributed by atoms with van der Waals surface area (Å²) in [5.74, 6) is -10.9. The van der Waals surface area contributed by atoms with Crippen molar-refractivity contribution < 1.29 is 45.3 Å². The number of hydrogen-bond acceptors (Lipinski definition) is 4. The van der Waals surface area contributed by atoms with Crippen molar-refractivity contribution in [2.24, 2.45) is 5.92 Å². The van der Waals surface area contributed by atoms with Crippen LogP contribution in [0.15, 0.2) is 36.4 Å². The third-order valence-corrected chi connectivity index (χ3v) is 6.77. The Morgan fingerprint density at radius 3 is 1.64 bits per heavy atom. The van der Waals surface area contributed by atoms with Gasteiger partial charge in [0.2, 0.25) is 17.5 Å². The Bertz CT molecular complexity index is 1370. The molecule has 0 heterocycles. The highest BCUT2D eigenvalue weighted by atomic mass is 19.2. The summed E-state index contributed by atoms with van der Waals surface area (Å²) in [5.41, 5.74) is -0.900. The quantitative estimate of drug-likeness (QED) is 0.162. The molecule has 0 bridgehead atoms. The summed E-state index contributed by atoms with van der Waals surface area (Å²) >= 11 is 0. The van der Waals surface area contributed by atoms with Crippen LogP contribution < -0.4 is 14.2 Å². The normalized spacial score (nSPS) is 17.1. The number of carbonyl (C=O) groups is 1. The lowest BCUT2D eigenvalue weighted by molar-refractivity contribution is -0.140. The Balaban J connectivity index is 1.44. The molecule has 0 N–H and O–H groups in total. The lowest BCUT2D eigenvalue weighted by atomic mass is 9.78. The van der Waals surface area contributed by atoms with Crippen molar-refractivity contribution in [3.05, 3.63) is 76.9 Å². The number of rotatable bonds is 8. The van der Waals surface area contributed by atoms with Gasteiger partial charge in [0.25, 0.3) is 0 Å². The molecule has 0 aromatic heterocycles. The molecule has 1 aliphatic rings. The van der Waals surface area contributed by atoms with Crippen molar-refractivity contribution in [1.82, 2.24) is 0 Å². The van der Waals surface area contributed by atoms with E-state index < -0.39 is 63.7 Å². The van der Waals surface area contributed by atoms with Crippen molar-refractivity contribution in [3.8, 4) is 28.4 Å². The molecule has 208 valence electrons. The average Bonchev–Trinajstić information content (AvgIpc) is 2.93. The van der Waals surface area contributed by atoms with E-state index in [0.717, 1.165) is 24.3 Å². The molecule has 1 fully saturated rings. The molecule has 4 nitrogen and oxygen atoms in total. The largest absolute Gasteiger partial charge is 0.491 e. The smallest absolute Gasteiger partial charge is 0.314 e. The molecule has 0 saturated heterocycles. The standard InChI is InChI=1S/C29H26F6O4/c1-3-37-20-12-9-17(23(30)26(20)33)15-5-7-16(8-6-15)29(36)39-22-14-11-19(25(32)28(22)35)18-10-13-21(38-4-2)27(34)24(18)31/h9-16H,3-8H2,1-2H3. The molecule has 1 aliphatic carbocycles. The maximum Gasteiger partial charge on any atom is 0.314 e. The molecule has 3 aromatic carbocycles. The molecule has 0 atom stereocenters. The van der Waals surface area contributed by atoms with Crippen LogP contribution in [0.5, 0.6) is 17.2 Å². The molecular formula is C29H26F6O4. The maximum atomic E-state index is 14.8. The van der Waals surface area contributed by atoms with Crippen LogP contribution in [0.3, 0.4) is 0 Å². The van der Waals surface area contributed by atoms with E-state index >= 15 is 0 Å². The molecule has 0 radical (unpaired) electrons. The molecule has 10 heteroatoms. The van der Waals surface area contributed by atoms with E-state index in [2.05, 4.69) is 0 Å². The number of esters is 1. The Hall–Kier alpha value is -3.69. The van der Waals surface area contributed by atoms with Crippen LogP contribution in [-0.2, 0) is 4.79 Å². The summed E-state index contributed by atoms with van der Waals surface area (Å²) in [6.45, 7) is 3.50. The summed E-state index contributed by atoms with van der Waals surface area (Å²) in [7, 11) is 0. The number of halogens is 6. The van der Waals surface area contributed by atoms with E-state index in [4.69, 9.17) is 14.2 Å². The summed E-state index contributed by atoms with van der Waals surface area (Å²) in [5, 5.41) is 0. The van der Waals surface area contributed by atoms with Gasteiger partial charge in [-0.15, -0.1) is 0 Å². The van der Waals surface area contributed by atoms with Gasteiger partial charge in [-0.05, 0) is 81.3 Å². The van der Waals surface area contributed by atoms with Crippen molar-refractivity contribution >= 4 is 5.97 Å². The topological polar surface area (TPSA) is 44.8 Å². The van der Waals surface area contributed by atoms with Gasteiger partial charge < -0.3 is 14.2 Å². The number of hydrogen-bond donors (Lipinski definition) is 0. The fourth-order valence-electron chi connectivity index (χ4n) is 4.79. The van der Waals surface area contributed by atoms with E-state index in [1.54, 1.807) is 13.8 Å². The first-order chi connectivity index (χ1) is 18.7. The van der Waals surface area contributed by atoms with Gasteiger partial charge in [0.1, 0.15) is 0 Å². The second kappa shape index (κ2) is 12.0. The van der Waals surface area contributed by atoms with Gasteiger partial charge in [-0.3, -0.25) is 4.79 Å². The second-order valence-corrected chi connectivity index (χ2v) is 9.10. The van der Waals surface area contributed by atoms with Gasteiger partial charge in [0.15, 0.2) is 34.7 Å². The van der Waals surface area contributed by atoms with Crippen LogP contribution in [0.1, 0.15) is 51.0 Å². The minimum absolute atomic E-state index is 0.0808. The molecule has 3 aromatic rings. The minimum Gasteiger partial charge on any atom is -0.491 e. The molecule has 0 aliphatic heterocycles. The number of benzene rings is 3. The Kier molecular flexibility index (Phi) is 8.72. The van der Waals surface area contributed by atoms with Gasteiger partial charge in [-0.25, -0.2) is 13.2 Å². The third kappa shape index (κ3) is 5.69. The number of ether oxygens (including phenoxy) is 3. The highest BCUT2D eigenvalue weighted by molar-refractivity contribution is 5.76. The number of carbonyl (C=O) groups excluding carboxylic acids is 1. The fourth-order valence-corrected chi connectivity index (χ4v) is 4.79. The minimum atomic E-state index is -1.53. The first-order valence-corrected chi connectivity index (χ1v) is 12.6. The molecular weight excluding hydrogens is 526 g/mol. The zero-order valence-corrected chi connectivity index (χ0v) is 21.3. The Morgan fingerprint density at radius 2 is 1.10 bits per heavy atom. The second-order valence-electron chi connectivity index (χ2n) is 9.10. The van der Waals surface area contributed by atoms with Crippen molar-refractivity contribution in [3.63, 3.8) is 0 Å². The first kappa shape index (κ1) is 28.3. The molecule has 0 amide bonds. The van der Waals surface area contributed by atoms with Gasteiger partial charge in [-0.1, -0.05) is 6.07 Å². The van der Waals surface area contributed by atoms with E-state index in [1.807, 2.05) is 0 Å². The molecule has 39 heavy (non-hydrogen) atoms. The van der Waals surface area contributed by atoms with E-state index in [9.17, 15) is 31.1 Å². The molecule has 1 saturated carbocycles. The first-order valence-electron chi connectivity index (χ1n) is 12.6. The van der Waals surface area contributed by atoms with Crippen molar-refractivity contribution in [1.29, 1.82) is 0 Å². The zero-order chi connectivity index (χ0) is 28.3. The zero-order valence-electron chi connectivity index (χ0n) is 21.3. The van der Waals surface area contributed by atoms with E-state index in [0.29, 0.717) is 12.8 Å². The lowest BCUT2D eigenvalue weighted by Gasteiger charge is -2.28. The maximum absolute atomic E-state index is 14.8. The Morgan fingerprint density at radius 1 is 0.641 bits per heavy atom. The van der Waals surface area contributed by atoms with Crippen molar-refractivity contribution in [2.45, 2.75) is 45.4 Å². The summed E-state index contributed by atoms with van der Waals surface area (Å²) < 4.78 is 102. The van der Waals surface area contributed by atoms with E-state index in [-0.39, 0.29) is 49.0 Å². The molecule has 0 unspecified atom stereocenters. The molecule has 4 rings (SSSR count). The van der Waals surface area contributed by atoms with Crippen LogP contribution in [0.2, 0.25) is 0 Å². The summed E-state index contributed by atoms with van der Waals surface area (Å²) in [6, 6.07) is 6.94. The van der Waals surface area contributed by atoms with Crippen LogP contribution in [-0.4, -0.2) is 19.2 Å². The Labute approximate surface area is 221 Å². The van der Waals surface area contributed by atoms with Crippen LogP contribution in [0, 0.1) is 40.8 Å². The van der Waals surface area contributed by atoms with Crippen LogP contribution in [0.25, 0.3) is 11.1 Å². The van der Waals surface area contributed by atoms with Gasteiger partial charge in [0, 0.05) is 11.1 Å². The average molecular weight is 553 g/mol. The predicted molar refractivity (Wildman–Crippen MR) is 131 cm³/mol. The molecule has 0 spiro atoms. The summed E-state index contributed by atoms with van der Waals surface area (Å²) in [6.07, 6.45) is 1.22. The predicted octanol–water partition coefficient (Wildman–Crippen LogP) is 7.87. The van der Waals surface area contributed by atoms with Crippen LogP contribution in [0.4, 0.5) is 26.3 Å². The monoisotopic (exact) mass is 552 g/mol. The fraction of sp³-hybridized carbons (Fsp3) is 0.345. The van der Waals surface area contributed by atoms with Gasteiger partial charge in [0.05, 0.1) is 19.1 Å². The van der Waals surface area contributed by atoms with Crippen molar-refractivity contribution in [2.75, 3.05) is 13.2 Å². The SMILES string of the molecule is CCOc1ccc(-c2ccc(OC(=O)C3CCC(c4ccc(OCC)c(F)c4F)CC3)c(F)c2F)c(F)c1F. The van der Waals surface area contributed by atoms with Gasteiger partial charge >= 0.3 is 5.97 Å². The highest BCUT2D eigenvalue weighted by Crippen LogP contribution is 2.40. The summed E-state index contributed by atoms with van der Waals surface area (Å²) in [4.78, 5) is 12.7. The van der Waals surface area contributed by atoms with Gasteiger partial charge in [-0.2, -0.15) is 13.2 Å². The highest BCUT2D eigenvalue weighted by Gasteiger charge is 2.32.